The summed E-state index contributed by atoms with van der Waals surface area (Å²) in [5, 5.41) is 19.4. The predicted molar refractivity (Wildman–Crippen MR) is 90.2 cm³/mol. The number of hydrogen-bond acceptors (Lipinski definition) is 2. The molecule has 2 fully saturated rings. The minimum absolute atomic E-state index is 0.0174. The van der Waals surface area contributed by atoms with E-state index in [1.54, 1.807) is 0 Å². The molecule has 0 saturated heterocycles. The van der Waals surface area contributed by atoms with E-state index in [9.17, 15) is 10.2 Å². The van der Waals surface area contributed by atoms with Crippen LogP contribution in [0.1, 0.15) is 86.0 Å². The van der Waals surface area contributed by atoms with Crippen molar-refractivity contribution in [3.8, 4) is 0 Å². The first-order valence-corrected chi connectivity index (χ1v) is 9.15. The fourth-order valence-corrected chi connectivity index (χ4v) is 4.04. The Morgan fingerprint density at radius 1 is 1.00 bits per heavy atom. The van der Waals surface area contributed by atoms with Crippen molar-refractivity contribution in [2.24, 2.45) is 23.2 Å². The van der Waals surface area contributed by atoms with Gasteiger partial charge in [0.1, 0.15) is 0 Å². The molecule has 0 heterocycles. The lowest BCUT2D eigenvalue weighted by Crippen LogP contribution is -2.41. The van der Waals surface area contributed by atoms with E-state index in [1.165, 1.54) is 38.5 Å². The van der Waals surface area contributed by atoms with Gasteiger partial charge in [-0.05, 0) is 48.9 Å². The standard InChI is InChI=1S/C11H22O.C8H16O/c1-8(2)9-6-5-7-11(3,4)10(9)12;1-2-7-5-3-4-6-8(7)9/h8-10,12H,5-7H2,1-4H3;7-9H,2-6H2,1H3. The maximum Gasteiger partial charge on any atom is 0.0621 e. The van der Waals surface area contributed by atoms with Gasteiger partial charge in [0.25, 0.3) is 0 Å². The molecule has 0 aromatic carbocycles. The van der Waals surface area contributed by atoms with Gasteiger partial charge in [-0.1, -0.05) is 60.3 Å². The molecule has 2 heteroatoms. The van der Waals surface area contributed by atoms with Crippen molar-refractivity contribution >= 4 is 0 Å². The highest BCUT2D eigenvalue weighted by Gasteiger charge is 2.38. The van der Waals surface area contributed by atoms with Gasteiger partial charge in [-0.15, -0.1) is 0 Å². The summed E-state index contributed by atoms with van der Waals surface area (Å²) in [6, 6.07) is 0. The molecule has 0 aromatic heterocycles. The molecule has 2 N–H and O–H groups in total. The van der Waals surface area contributed by atoms with Gasteiger partial charge < -0.3 is 10.2 Å². The van der Waals surface area contributed by atoms with E-state index in [1.807, 2.05) is 0 Å². The number of aliphatic hydroxyl groups is 2. The molecule has 0 aliphatic heterocycles. The molecule has 0 bridgehead atoms. The molecule has 2 rings (SSSR count). The highest BCUT2D eigenvalue weighted by molar-refractivity contribution is 4.89. The van der Waals surface area contributed by atoms with E-state index in [0.717, 1.165) is 12.8 Å². The maximum atomic E-state index is 10.1. The molecule has 2 saturated carbocycles. The molecule has 2 aliphatic rings. The predicted octanol–water partition coefficient (Wildman–Crippen LogP) is 4.78. The van der Waals surface area contributed by atoms with Crippen molar-refractivity contribution in [1.82, 2.24) is 0 Å². The summed E-state index contributed by atoms with van der Waals surface area (Å²) < 4.78 is 0. The Bertz CT molecular complexity index is 285. The van der Waals surface area contributed by atoms with Gasteiger partial charge in [0.2, 0.25) is 0 Å². The summed E-state index contributed by atoms with van der Waals surface area (Å²) in [5.74, 6) is 1.76. The third-order valence-corrected chi connectivity index (χ3v) is 5.81. The number of hydrogen-bond donors (Lipinski definition) is 2. The Labute approximate surface area is 132 Å². The van der Waals surface area contributed by atoms with Gasteiger partial charge in [0, 0.05) is 0 Å². The first-order chi connectivity index (χ1) is 9.79. The average molecular weight is 299 g/mol. The van der Waals surface area contributed by atoms with Gasteiger partial charge in [0.15, 0.2) is 0 Å². The van der Waals surface area contributed by atoms with E-state index in [-0.39, 0.29) is 17.6 Å². The molecule has 0 radical (unpaired) electrons. The SMILES string of the molecule is CC(C)C1CCCC(C)(C)C1O.CCC1CCCCC1O. The topological polar surface area (TPSA) is 40.5 Å². The van der Waals surface area contributed by atoms with Crippen molar-refractivity contribution in [3.05, 3.63) is 0 Å². The summed E-state index contributed by atoms with van der Waals surface area (Å²) in [6.45, 7) is 11.0. The molecule has 21 heavy (non-hydrogen) atoms. The van der Waals surface area contributed by atoms with Crippen LogP contribution in [0.2, 0.25) is 0 Å². The van der Waals surface area contributed by atoms with Crippen LogP contribution in [-0.2, 0) is 0 Å². The monoisotopic (exact) mass is 298 g/mol. The highest BCUT2D eigenvalue weighted by Crippen LogP contribution is 2.41. The molecule has 0 aromatic rings. The summed E-state index contributed by atoms with van der Waals surface area (Å²) in [6.07, 6.45) is 9.60. The second-order valence-electron chi connectivity index (χ2n) is 8.25. The first-order valence-electron chi connectivity index (χ1n) is 9.15. The van der Waals surface area contributed by atoms with Gasteiger partial charge >= 0.3 is 0 Å². The Morgan fingerprint density at radius 3 is 2.05 bits per heavy atom. The maximum absolute atomic E-state index is 10.1. The highest BCUT2D eigenvalue weighted by atomic mass is 16.3. The quantitative estimate of drug-likeness (QED) is 0.770. The Kier molecular flexibility index (Phi) is 7.70. The van der Waals surface area contributed by atoms with E-state index < -0.39 is 0 Å². The van der Waals surface area contributed by atoms with Crippen LogP contribution in [0, 0.1) is 23.2 Å². The zero-order valence-electron chi connectivity index (χ0n) is 14.9. The molecule has 126 valence electrons. The summed E-state index contributed by atoms with van der Waals surface area (Å²) in [7, 11) is 0. The molecule has 2 aliphatic carbocycles. The third-order valence-electron chi connectivity index (χ3n) is 5.81. The zero-order chi connectivity index (χ0) is 16.0. The number of rotatable bonds is 2. The van der Waals surface area contributed by atoms with Gasteiger partial charge in [0.05, 0.1) is 12.2 Å². The van der Waals surface area contributed by atoms with Crippen LogP contribution in [0.3, 0.4) is 0 Å². The minimum atomic E-state index is -0.0914. The van der Waals surface area contributed by atoms with Crippen LogP contribution in [0.15, 0.2) is 0 Å². The molecular weight excluding hydrogens is 260 g/mol. The third kappa shape index (κ3) is 5.56. The van der Waals surface area contributed by atoms with Gasteiger partial charge in [-0.2, -0.15) is 0 Å². The summed E-state index contributed by atoms with van der Waals surface area (Å²) in [4.78, 5) is 0. The van der Waals surface area contributed by atoms with Crippen LogP contribution in [0.25, 0.3) is 0 Å². The molecule has 0 amide bonds. The Balaban J connectivity index is 0.000000219. The normalized spacial score (nSPS) is 36.0. The molecular formula is C19H38O2. The second kappa shape index (κ2) is 8.53. The van der Waals surface area contributed by atoms with Crippen molar-refractivity contribution in [1.29, 1.82) is 0 Å². The lowest BCUT2D eigenvalue weighted by atomic mass is 9.66. The van der Waals surface area contributed by atoms with E-state index >= 15 is 0 Å². The van der Waals surface area contributed by atoms with E-state index in [4.69, 9.17) is 0 Å². The Hall–Kier alpha value is -0.0800. The van der Waals surface area contributed by atoms with Gasteiger partial charge in [-0.25, -0.2) is 0 Å². The molecule has 4 unspecified atom stereocenters. The summed E-state index contributed by atoms with van der Waals surface area (Å²) in [5.41, 5.74) is 0.146. The van der Waals surface area contributed by atoms with Crippen molar-refractivity contribution < 1.29 is 10.2 Å². The largest absolute Gasteiger partial charge is 0.393 e. The van der Waals surface area contributed by atoms with Gasteiger partial charge in [-0.3, -0.25) is 0 Å². The van der Waals surface area contributed by atoms with Crippen molar-refractivity contribution in [3.63, 3.8) is 0 Å². The fraction of sp³-hybridized carbons (Fsp3) is 1.00. The smallest absolute Gasteiger partial charge is 0.0621 e. The van der Waals surface area contributed by atoms with Crippen LogP contribution in [0.5, 0.6) is 0 Å². The molecule has 0 spiro atoms. The molecule has 4 atom stereocenters. The lowest BCUT2D eigenvalue weighted by Gasteiger charge is -2.42. The van der Waals surface area contributed by atoms with Crippen LogP contribution in [-0.4, -0.2) is 22.4 Å². The second-order valence-corrected chi connectivity index (χ2v) is 8.25. The van der Waals surface area contributed by atoms with Crippen LogP contribution in [0.4, 0.5) is 0 Å². The van der Waals surface area contributed by atoms with E-state index in [0.29, 0.717) is 17.8 Å². The first kappa shape index (κ1) is 19.0. The van der Waals surface area contributed by atoms with Crippen molar-refractivity contribution in [2.75, 3.05) is 0 Å². The van der Waals surface area contributed by atoms with Crippen LogP contribution < -0.4 is 0 Å². The van der Waals surface area contributed by atoms with Crippen molar-refractivity contribution in [2.45, 2.75) is 98.2 Å². The zero-order valence-corrected chi connectivity index (χ0v) is 14.9. The number of aliphatic hydroxyl groups excluding tert-OH is 2. The minimum Gasteiger partial charge on any atom is -0.393 e. The fourth-order valence-electron chi connectivity index (χ4n) is 4.04. The average Bonchev–Trinajstić information content (AvgIpc) is 2.43. The Morgan fingerprint density at radius 2 is 1.62 bits per heavy atom. The van der Waals surface area contributed by atoms with Crippen LogP contribution >= 0.6 is 0 Å². The molecule has 2 nitrogen and oxygen atoms in total. The van der Waals surface area contributed by atoms with E-state index in [2.05, 4.69) is 34.6 Å². The lowest BCUT2D eigenvalue weighted by molar-refractivity contribution is -0.0479. The summed E-state index contributed by atoms with van der Waals surface area (Å²) >= 11 is 0.